The lowest BCUT2D eigenvalue weighted by atomic mass is 10.0. The van der Waals surface area contributed by atoms with Crippen LogP contribution in [0.3, 0.4) is 0 Å². The molecule has 21 heavy (non-hydrogen) atoms. The fourth-order valence-corrected chi connectivity index (χ4v) is 2.69. The number of hydrogen-bond donors (Lipinski definition) is 1. The van der Waals surface area contributed by atoms with Crippen molar-refractivity contribution in [3.8, 4) is 11.8 Å². The Morgan fingerprint density at radius 1 is 1.33 bits per heavy atom. The average molecular weight is 306 g/mol. The van der Waals surface area contributed by atoms with Crippen molar-refractivity contribution in [1.82, 2.24) is 5.32 Å². The highest BCUT2D eigenvalue weighted by Crippen LogP contribution is 2.25. The van der Waals surface area contributed by atoms with Gasteiger partial charge < -0.3 is 10.1 Å². The Morgan fingerprint density at radius 3 is 2.43 bits per heavy atom. The number of methoxy groups -OCH3 is 1. The Labute approximate surface area is 130 Å². The van der Waals surface area contributed by atoms with Crippen LogP contribution in [0.2, 0.25) is 0 Å². The van der Waals surface area contributed by atoms with Crippen LogP contribution in [0.4, 0.5) is 0 Å². The second-order valence-corrected chi connectivity index (χ2v) is 6.67. The minimum atomic E-state index is -0.420. The van der Waals surface area contributed by atoms with Gasteiger partial charge in [-0.25, -0.2) is 0 Å². The average Bonchev–Trinajstić information content (AvgIpc) is 2.46. The number of carbonyl (C=O) groups is 1. The van der Waals surface area contributed by atoms with Gasteiger partial charge in [0.05, 0.1) is 18.4 Å². The van der Waals surface area contributed by atoms with Crippen LogP contribution in [0.15, 0.2) is 29.2 Å². The van der Waals surface area contributed by atoms with Gasteiger partial charge in [-0.15, -0.1) is 11.8 Å². The first-order valence-corrected chi connectivity index (χ1v) is 7.85. The summed E-state index contributed by atoms with van der Waals surface area (Å²) < 4.78 is 5.10. The molecule has 114 valence electrons. The molecule has 0 aliphatic rings. The lowest BCUT2D eigenvalue weighted by Gasteiger charge is -2.17. The van der Waals surface area contributed by atoms with Crippen LogP contribution in [0.25, 0.3) is 0 Å². The largest absolute Gasteiger partial charge is 0.497 e. The Kier molecular flexibility index (Phi) is 7.10. The number of amides is 1. The van der Waals surface area contributed by atoms with Gasteiger partial charge in [-0.05, 0) is 43.5 Å². The molecule has 2 atom stereocenters. The van der Waals surface area contributed by atoms with Crippen LogP contribution < -0.4 is 10.1 Å². The lowest BCUT2D eigenvalue weighted by Crippen LogP contribution is -2.39. The SMILES string of the molecule is COc1ccc(S[C@H](C)C(=O)N[C@@H](C#N)CC(C)C)cc1. The van der Waals surface area contributed by atoms with E-state index in [9.17, 15) is 4.79 Å². The van der Waals surface area contributed by atoms with Crippen molar-refractivity contribution in [3.63, 3.8) is 0 Å². The van der Waals surface area contributed by atoms with Crippen LogP contribution in [0.1, 0.15) is 27.2 Å². The molecule has 0 saturated heterocycles. The fraction of sp³-hybridized carbons (Fsp3) is 0.500. The van der Waals surface area contributed by atoms with Crippen molar-refractivity contribution >= 4 is 17.7 Å². The van der Waals surface area contributed by atoms with E-state index < -0.39 is 6.04 Å². The zero-order chi connectivity index (χ0) is 15.8. The number of ether oxygens (including phenoxy) is 1. The third kappa shape index (κ3) is 6.09. The van der Waals surface area contributed by atoms with Crippen LogP contribution >= 0.6 is 11.8 Å². The summed E-state index contributed by atoms with van der Waals surface area (Å²) >= 11 is 1.47. The van der Waals surface area contributed by atoms with Gasteiger partial charge in [0.25, 0.3) is 0 Å². The van der Waals surface area contributed by atoms with Gasteiger partial charge >= 0.3 is 0 Å². The van der Waals surface area contributed by atoms with E-state index >= 15 is 0 Å². The molecule has 1 rings (SSSR count). The fourth-order valence-electron chi connectivity index (χ4n) is 1.82. The summed E-state index contributed by atoms with van der Waals surface area (Å²) in [6, 6.07) is 9.29. The third-order valence-electron chi connectivity index (χ3n) is 2.92. The maximum Gasteiger partial charge on any atom is 0.234 e. The third-order valence-corrected chi connectivity index (χ3v) is 4.03. The minimum absolute atomic E-state index is 0.108. The predicted octanol–water partition coefficient (Wildman–Crippen LogP) is 3.23. The molecule has 4 nitrogen and oxygen atoms in total. The highest BCUT2D eigenvalue weighted by atomic mass is 32.2. The van der Waals surface area contributed by atoms with Crippen LogP contribution in [-0.4, -0.2) is 24.3 Å². The van der Waals surface area contributed by atoms with E-state index in [1.165, 1.54) is 11.8 Å². The first-order chi connectivity index (χ1) is 9.96. The number of nitrogens with zero attached hydrogens (tertiary/aromatic N) is 1. The van der Waals surface area contributed by atoms with Gasteiger partial charge in [-0.1, -0.05) is 13.8 Å². The minimum Gasteiger partial charge on any atom is -0.497 e. The van der Waals surface area contributed by atoms with E-state index in [0.29, 0.717) is 12.3 Å². The summed E-state index contributed by atoms with van der Waals surface area (Å²) in [7, 11) is 1.62. The normalized spacial score (nSPS) is 13.3. The number of benzene rings is 1. The first-order valence-electron chi connectivity index (χ1n) is 6.97. The summed E-state index contributed by atoms with van der Waals surface area (Å²) in [5.74, 6) is 1.06. The number of hydrogen-bond acceptors (Lipinski definition) is 4. The first kappa shape index (κ1) is 17.4. The molecule has 0 aromatic heterocycles. The van der Waals surface area contributed by atoms with E-state index in [4.69, 9.17) is 10.00 Å². The van der Waals surface area contributed by atoms with Crippen LogP contribution in [0.5, 0.6) is 5.75 Å². The summed E-state index contributed by atoms with van der Waals surface area (Å²) in [5.41, 5.74) is 0. The second kappa shape index (κ2) is 8.58. The van der Waals surface area contributed by atoms with Crippen LogP contribution in [0, 0.1) is 17.2 Å². The Hall–Kier alpha value is -1.67. The Balaban J connectivity index is 2.55. The molecule has 1 amide bonds. The highest BCUT2D eigenvalue weighted by molar-refractivity contribution is 8.00. The molecule has 0 unspecified atom stereocenters. The molecule has 0 spiro atoms. The molecule has 1 aromatic rings. The van der Waals surface area contributed by atoms with Crippen molar-refractivity contribution in [1.29, 1.82) is 5.26 Å². The van der Waals surface area contributed by atoms with E-state index in [0.717, 1.165) is 10.6 Å². The molecular formula is C16H22N2O2S. The number of rotatable bonds is 7. The zero-order valence-electron chi connectivity index (χ0n) is 12.9. The van der Waals surface area contributed by atoms with Gasteiger partial charge in [-0.3, -0.25) is 4.79 Å². The number of nitriles is 1. The molecule has 5 heteroatoms. The van der Waals surface area contributed by atoms with Crippen molar-refractivity contribution < 1.29 is 9.53 Å². The molecule has 1 aromatic carbocycles. The van der Waals surface area contributed by atoms with Gasteiger partial charge in [0.2, 0.25) is 5.91 Å². The number of nitrogens with one attached hydrogen (secondary N) is 1. The summed E-state index contributed by atoms with van der Waals surface area (Å²) in [5, 5.41) is 11.6. The van der Waals surface area contributed by atoms with Crippen molar-refractivity contribution in [2.75, 3.05) is 7.11 Å². The Bertz CT molecular complexity index is 494. The smallest absolute Gasteiger partial charge is 0.234 e. The molecule has 0 saturated carbocycles. The number of thioether (sulfide) groups is 1. The summed E-state index contributed by atoms with van der Waals surface area (Å²) in [6.07, 6.45) is 0.669. The molecule has 0 aliphatic carbocycles. The van der Waals surface area contributed by atoms with Crippen LogP contribution in [-0.2, 0) is 4.79 Å². The number of carbonyl (C=O) groups excluding carboxylic acids is 1. The molecule has 1 N–H and O–H groups in total. The van der Waals surface area contributed by atoms with E-state index in [-0.39, 0.29) is 11.2 Å². The quantitative estimate of drug-likeness (QED) is 0.786. The topological polar surface area (TPSA) is 62.1 Å². The summed E-state index contributed by atoms with van der Waals surface area (Å²) in [4.78, 5) is 13.1. The van der Waals surface area contributed by atoms with Crippen molar-refractivity contribution in [2.24, 2.45) is 5.92 Å². The van der Waals surface area contributed by atoms with E-state index in [1.54, 1.807) is 7.11 Å². The molecule has 0 bridgehead atoms. The monoisotopic (exact) mass is 306 g/mol. The molecule has 0 fully saturated rings. The molecule has 0 heterocycles. The lowest BCUT2D eigenvalue weighted by molar-refractivity contribution is -0.120. The van der Waals surface area contributed by atoms with Gasteiger partial charge in [-0.2, -0.15) is 5.26 Å². The van der Waals surface area contributed by atoms with Crippen molar-refractivity contribution in [3.05, 3.63) is 24.3 Å². The van der Waals surface area contributed by atoms with E-state index in [2.05, 4.69) is 11.4 Å². The maximum atomic E-state index is 12.1. The second-order valence-electron chi connectivity index (χ2n) is 5.26. The Morgan fingerprint density at radius 2 is 1.95 bits per heavy atom. The standard InChI is InChI=1S/C16H22N2O2S/c1-11(2)9-13(10-17)18-16(19)12(3)21-15-7-5-14(20-4)6-8-15/h5-8,11-13H,9H2,1-4H3,(H,18,19)/t12-,13-/m1/s1. The predicted molar refractivity (Wildman–Crippen MR) is 85.3 cm³/mol. The molecular weight excluding hydrogens is 284 g/mol. The zero-order valence-corrected chi connectivity index (χ0v) is 13.7. The van der Waals surface area contributed by atoms with Gasteiger partial charge in [0.1, 0.15) is 11.8 Å². The molecule has 0 aliphatic heterocycles. The van der Waals surface area contributed by atoms with E-state index in [1.807, 2.05) is 45.0 Å². The highest BCUT2D eigenvalue weighted by Gasteiger charge is 2.19. The van der Waals surface area contributed by atoms with Gasteiger partial charge in [0, 0.05) is 4.90 Å². The maximum absolute atomic E-state index is 12.1. The van der Waals surface area contributed by atoms with Crippen molar-refractivity contribution in [2.45, 2.75) is 43.4 Å². The summed E-state index contributed by atoms with van der Waals surface area (Å²) in [6.45, 7) is 5.91. The van der Waals surface area contributed by atoms with Gasteiger partial charge in [0.15, 0.2) is 0 Å². The molecule has 0 radical (unpaired) electrons.